The van der Waals surface area contributed by atoms with E-state index in [0.717, 1.165) is 50.0 Å². The van der Waals surface area contributed by atoms with E-state index in [9.17, 15) is 9.59 Å². The minimum atomic E-state index is -0.136. The van der Waals surface area contributed by atoms with Crippen molar-refractivity contribution in [2.24, 2.45) is 11.3 Å². The van der Waals surface area contributed by atoms with Gasteiger partial charge in [0.05, 0.1) is 5.92 Å². The third-order valence-corrected chi connectivity index (χ3v) is 6.44. The Bertz CT molecular complexity index is 691. The molecule has 0 aliphatic carbocycles. The summed E-state index contributed by atoms with van der Waals surface area (Å²) in [4.78, 5) is 29.9. The first-order chi connectivity index (χ1) is 13.1. The minimum absolute atomic E-state index is 0.108. The predicted molar refractivity (Wildman–Crippen MR) is 104 cm³/mol. The second-order valence-electron chi connectivity index (χ2n) is 8.24. The summed E-state index contributed by atoms with van der Waals surface area (Å²) in [6, 6.07) is 7.70. The average Bonchev–Trinajstić information content (AvgIpc) is 3.33. The average molecular weight is 371 g/mol. The fraction of sp³-hybridized carbons (Fsp3) is 0.619. The van der Waals surface area contributed by atoms with Gasteiger partial charge in [0.1, 0.15) is 0 Å². The number of hydrogen-bond acceptors (Lipinski definition) is 3. The molecule has 6 heteroatoms. The molecule has 4 rings (SSSR count). The van der Waals surface area contributed by atoms with Gasteiger partial charge in [-0.1, -0.05) is 17.7 Å². The fourth-order valence-electron chi connectivity index (χ4n) is 4.75. The Morgan fingerprint density at radius 3 is 2.41 bits per heavy atom. The van der Waals surface area contributed by atoms with E-state index in [2.05, 4.69) is 5.32 Å². The number of nitrogens with zero attached hydrogens (tertiary/aromatic N) is 2. The molecule has 6 nitrogen and oxygen atoms in total. The molecule has 3 fully saturated rings. The van der Waals surface area contributed by atoms with Crippen molar-refractivity contribution in [3.05, 3.63) is 29.8 Å². The molecule has 0 unspecified atom stereocenters. The Labute approximate surface area is 160 Å². The molecular weight excluding hydrogens is 342 g/mol. The molecule has 146 valence electrons. The zero-order chi connectivity index (χ0) is 18.9. The molecule has 0 radical (unpaired) electrons. The summed E-state index contributed by atoms with van der Waals surface area (Å²) in [5, 5.41) is 2.99. The van der Waals surface area contributed by atoms with E-state index in [-0.39, 0.29) is 23.3 Å². The van der Waals surface area contributed by atoms with Crippen molar-refractivity contribution in [3.63, 3.8) is 0 Å². The molecule has 1 aromatic rings. The van der Waals surface area contributed by atoms with E-state index < -0.39 is 0 Å². The van der Waals surface area contributed by atoms with Crippen molar-refractivity contribution in [3.8, 4) is 0 Å². The highest BCUT2D eigenvalue weighted by atomic mass is 16.5. The molecular formula is C21H29N3O3. The lowest BCUT2D eigenvalue weighted by Crippen LogP contribution is -2.45. The van der Waals surface area contributed by atoms with Crippen molar-refractivity contribution in [1.82, 2.24) is 9.80 Å². The summed E-state index contributed by atoms with van der Waals surface area (Å²) in [5.74, 6) is 0.128. The van der Waals surface area contributed by atoms with Gasteiger partial charge in [0.2, 0.25) is 5.91 Å². The van der Waals surface area contributed by atoms with Gasteiger partial charge in [-0.2, -0.15) is 0 Å². The smallest absolute Gasteiger partial charge is 0.321 e. The zero-order valence-corrected chi connectivity index (χ0v) is 16.1. The largest absolute Gasteiger partial charge is 0.381 e. The second kappa shape index (κ2) is 7.50. The van der Waals surface area contributed by atoms with Gasteiger partial charge in [0, 0.05) is 50.5 Å². The number of aryl methyl sites for hydroxylation is 1. The SMILES string of the molecule is Cc1ccc(NC(=O)N2C[C@@H](C(=O)N3CCCC3)C3(CCOCC3)C2)cc1. The van der Waals surface area contributed by atoms with E-state index in [1.165, 1.54) is 0 Å². The molecule has 3 aliphatic rings. The van der Waals surface area contributed by atoms with Crippen LogP contribution >= 0.6 is 0 Å². The molecule has 3 aliphatic heterocycles. The first-order valence-electron chi connectivity index (χ1n) is 10.1. The maximum absolute atomic E-state index is 13.2. The molecule has 0 bridgehead atoms. The third-order valence-electron chi connectivity index (χ3n) is 6.44. The molecule has 0 aromatic heterocycles. The Morgan fingerprint density at radius 1 is 1.07 bits per heavy atom. The van der Waals surface area contributed by atoms with Gasteiger partial charge in [0.25, 0.3) is 0 Å². The quantitative estimate of drug-likeness (QED) is 0.870. The number of amides is 3. The number of ether oxygens (including phenoxy) is 1. The van der Waals surface area contributed by atoms with Crippen LogP contribution in [0.1, 0.15) is 31.2 Å². The molecule has 27 heavy (non-hydrogen) atoms. The Hall–Kier alpha value is -2.08. The number of anilines is 1. The number of rotatable bonds is 2. The van der Waals surface area contributed by atoms with Crippen molar-refractivity contribution < 1.29 is 14.3 Å². The lowest BCUT2D eigenvalue weighted by molar-refractivity contribution is -0.139. The molecule has 0 saturated carbocycles. The van der Waals surface area contributed by atoms with E-state index >= 15 is 0 Å². The minimum Gasteiger partial charge on any atom is -0.381 e. The predicted octanol–water partition coefficient (Wildman–Crippen LogP) is 2.88. The summed E-state index contributed by atoms with van der Waals surface area (Å²) >= 11 is 0. The number of benzene rings is 1. The summed E-state index contributed by atoms with van der Waals surface area (Å²) in [7, 11) is 0. The lowest BCUT2D eigenvalue weighted by Gasteiger charge is -2.38. The van der Waals surface area contributed by atoms with Crippen LogP contribution in [0.25, 0.3) is 0 Å². The van der Waals surface area contributed by atoms with Gasteiger partial charge < -0.3 is 19.9 Å². The molecule has 1 atom stereocenters. The summed E-state index contributed by atoms with van der Waals surface area (Å²) in [5.41, 5.74) is 1.82. The molecule has 3 saturated heterocycles. The first kappa shape index (κ1) is 18.3. The van der Waals surface area contributed by atoms with Gasteiger partial charge in [0.15, 0.2) is 0 Å². The van der Waals surface area contributed by atoms with Crippen LogP contribution in [0, 0.1) is 18.3 Å². The van der Waals surface area contributed by atoms with Crippen LogP contribution in [-0.4, -0.2) is 61.1 Å². The normalized spacial score (nSPS) is 24.4. The standard InChI is InChI=1S/C21H29N3O3/c1-16-4-6-17(7-5-16)22-20(26)24-14-18(19(25)23-10-2-3-11-23)21(15-24)8-12-27-13-9-21/h4-7,18H,2-3,8-15H2,1H3,(H,22,26)/t18-/m0/s1. The van der Waals surface area contributed by atoms with Gasteiger partial charge in [-0.3, -0.25) is 4.79 Å². The summed E-state index contributed by atoms with van der Waals surface area (Å²) in [6.07, 6.45) is 3.88. The van der Waals surface area contributed by atoms with Crippen LogP contribution in [0.5, 0.6) is 0 Å². The lowest BCUT2D eigenvalue weighted by atomic mass is 9.71. The van der Waals surface area contributed by atoms with E-state index in [1.807, 2.05) is 41.0 Å². The van der Waals surface area contributed by atoms with Crippen molar-refractivity contribution >= 4 is 17.6 Å². The van der Waals surface area contributed by atoms with Crippen LogP contribution in [0.3, 0.4) is 0 Å². The number of carbonyl (C=O) groups excluding carboxylic acids is 2. The number of urea groups is 1. The highest BCUT2D eigenvalue weighted by Crippen LogP contribution is 2.45. The van der Waals surface area contributed by atoms with E-state index in [1.54, 1.807) is 0 Å². The third kappa shape index (κ3) is 3.68. The maximum atomic E-state index is 13.2. The fourth-order valence-corrected chi connectivity index (χ4v) is 4.75. The van der Waals surface area contributed by atoms with Crippen LogP contribution in [0.2, 0.25) is 0 Å². The molecule has 3 heterocycles. The van der Waals surface area contributed by atoms with Crippen molar-refractivity contribution in [2.45, 2.75) is 32.6 Å². The maximum Gasteiger partial charge on any atom is 0.321 e. The van der Waals surface area contributed by atoms with E-state index in [0.29, 0.717) is 26.3 Å². The van der Waals surface area contributed by atoms with Crippen LogP contribution in [0.15, 0.2) is 24.3 Å². The number of likely N-dealkylation sites (tertiary alicyclic amines) is 2. The van der Waals surface area contributed by atoms with Crippen LogP contribution in [0.4, 0.5) is 10.5 Å². The molecule has 1 aromatic carbocycles. The summed E-state index contributed by atoms with van der Waals surface area (Å²) in [6.45, 7) is 6.24. The van der Waals surface area contributed by atoms with E-state index in [4.69, 9.17) is 4.74 Å². The Balaban J connectivity index is 1.50. The number of carbonyl (C=O) groups is 2. The van der Waals surface area contributed by atoms with Crippen LogP contribution < -0.4 is 5.32 Å². The first-order valence-corrected chi connectivity index (χ1v) is 10.1. The van der Waals surface area contributed by atoms with Gasteiger partial charge in [-0.15, -0.1) is 0 Å². The zero-order valence-electron chi connectivity index (χ0n) is 16.1. The topological polar surface area (TPSA) is 61.9 Å². The Kier molecular flexibility index (Phi) is 5.08. The Morgan fingerprint density at radius 2 is 1.74 bits per heavy atom. The molecule has 3 amide bonds. The molecule has 1 N–H and O–H groups in total. The monoisotopic (exact) mass is 371 g/mol. The molecule has 1 spiro atoms. The van der Waals surface area contributed by atoms with Crippen molar-refractivity contribution in [1.29, 1.82) is 0 Å². The second-order valence-corrected chi connectivity index (χ2v) is 8.24. The van der Waals surface area contributed by atoms with Gasteiger partial charge in [-0.05, 0) is 44.7 Å². The van der Waals surface area contributed by atoms with Gasteiger partial charge >= 0.3 is 6.03 Å². The number of nitrogens with one attached hydrogen (secondary N) is 1. The summed E-state index contributed by atoms with van der Waals surface area (Å²) < 4.78 is 5.57. The van der Waals surface area contributed by atoms with Crippen LogP contribution in [-0.2, 0) is 9.53 Å². The van der Waals surface area contributed by atoms with Crippen molar-refractivity contribution in [2.75, 3.05) is 44.7 Å². The van der Waals surface area contributed by atoms with Gasteiger partial charge in [-0.25, -0.2) is 4.79 Å². The number of hydrogen-bond donors (Lipinski definition) is 1. The highest BCUT2D eigenvalue weighted by Gasteiger charge is 2.52. The highest BCUT2D eigenvalue weighted by molar-refractivity contribution is 5.91.